The van der Waals surface area contributed by atoms with Crippen LogP contribution in [0.3, 0.4) is 0 Å². The molecule has 1 aromatic rings. The molecule has 0 aromatic heterocycles. The number of carbonyl (C=O) groups excluding carboxylic acids is 1. The monoisotopic (exact) mass is 335 g/mol. The van der Waals surface area contributed by atoms with Gasteiger partial charge in [0.25, 0.3) is 0 Å². The molecule has 1 aliphatic rings. The Kier molecular flexibility index (Phi) is 6.50. The molecule has 1 fully saturated rings. The molecule has 0 bridgehead atoms. The lowest BCUT2D eigenvalue weighted by Crippen LogP contribution is -2.75. The molecule has 23 heavy (non-hydrogen) atoms. The Bertz CT molecular complexity index is 510. The number of unbranched alkanes of at least 4 members (excludes halogenated alkanes) is 1. The molecular weight excluding hydrogens is 306 g/mol. The zero-order valence-corrected chi connectivity index (χ0v) is 15.1. The summed E-state index contributed by atoms with van der Waals surface area (Å²) in [6, 6.07) is 9.99. The third kappa shape index (κ3) is 4.28. The predicted octanol–water partition coefficient (Wildman–Crippen LogP) is 2.54. The van der Waals surface area contributed by atoms with Crippen molar-refractivity contribution in [2.75, 3.05) is 6.54 Å². The molecule has 1 aliphatic heterocycles. The van der Waals surface area contributed by atoms with Crippen LogP contribution in [-0.2, 0) is 11.3 Å². The van der Waals surface area contributed by atoms with Crippen LogP contribution in [0.15, 0.2) is 30.3 Å². The van der Waals surface area contributed by atoms with E-state index in [1.165, 1.54) is 0 Å². The maximum Gasteiger partial charge on any atom is 0.237 e. The zero-order chi connectivity index (χ0) is 16.9. The van der Waals surface area contributed by atoms with Gasteiger partial charge in [-0.25, -0.2) is 0 Å². The van der Waals surface area contributed by atoms with E-state index < -0.39 is 5.66 Å². The second-order valence-electron chi connectivity index (χ2n) is 6.43. The molecule has 1 amide bonds. The molecule has 0 aliphatic carbocycles. The molecule has 5 heteroatoms. The average molecular weight is 336 g/mol. The van der Waals surface area contributed by atoms with E-state index in [1.807, 2.05) is 23.1 Å². The van der Waals surface area contributed by atoms with Gasteiger partial charge in [-0.05, 0) is 18.4 Å². The second-order valence-corrected chi connectivity index (χ2v) is 7.09. The number of benzene rings is 1. The Morgan fingerprint density at radius 1 is 1.39 bits per heavy atom. The minimum atomic E-state index is -0.568. The van der Waals surface area contributed by atoms with Gasteiger partial charge in [0.1, 0.15) is 0 Å². The molecule has 1 aromatic carbocycles. The van der Waals surface area contributed by atoms with E-state index in [1.54, 1.807) is 0 Å². The van der Waals surface area contributed by atoms with Crippen molar-refractivity contribution >= 4 is 18.5 Å². The molecule has 0 spiro atoms. The lowest BCUT2D eigenvalue weighted by Gasteiger charge is -2.50. The lowest BCUT2D eigenvalue weighted by atomic mass is 9.87. The van der Waals surface area contributed by atoms with Crippen LogP contribution in [0, 0.1) is 0 Å². The first-order valence-corrected chi connectivity index (χ1v) is 9.08. The van der Waals surface area contributed by atoms with Crippen LogP contribution in [0.25, 0.3) is 0 Å². The predicted molar refractivity (Wildman–Crippen MR) is 98.3 cm³/mol. The van der Waals surface area contributed by atoms with Gasteiger partial charge in [0.2, 0.25) is 5.91 Å². The molecule has 1 saturated heterocycles. The minimum Gasteiger partial charge on any atom is -0.330 e. The fourth-order valence-corrected chi connectivity index (χ4v) is 3.75. The first-order chi connectivity index (χ1) is 11.0. The summed E-state index contributed by atoms with van der Waals surface area (Å²) < 4.78 is 0. The molecule has 128 valence electrons. The molecular formula is C18H29N3OS. The van der Waals surface area contributed by atoms with Crippen LogP contribution in [0.2, 0.25) is 0 Å². The number of hydrogen-bond donors (Lipinski definition) is 3. The van der Waals surface area contributed by atoms with Crippen molar-refractivity contribution < 1.29 is 4.79 Å². The summed E-state index contributed by atoms with van der Waals surface area (Å²) in [7, 11) is 0. The smallest absolute Gasteiger partial charge is 0.237 e. The molecule has 3 N–H and O–H groups in total. The standard InChI is InChI=1S/C18H29N3OS/c1-3-5-11-18(19)17(15(23)4-2)21(16(22)12-20-18)13-14-9-7-6-8-10-14/h6-10,15,17,20,23H,3-5,11-13,19H2,1-2H3. The molecule has 1 heterocycles. The van der Waals surface area contributed by atoms with E-state index in [4.69, 9.17) is 18.4 Å². The van der Waals surface area contributed by atoms with Crippen molar-refractivity contribution in [2.24, 2.45) is 5.73 Å². The van der Waals surface area contributed by atoms with Crippen molar-refractivity contribution in [3.05, 3.63) is 35.9 Å². The van der Waals surface area contributed by atoms with Gasteiger partial charge in [-0.1, -0.05) is 57.0 Å². The van der Waals surface area contributed by atoms with Gasteiger partial charge >= 0.3 is 0 Å². The minimum absolute atomic E-state index is 0.0531. The highest BCUT2D eigenvalue weighted by Crippen LogP contribution is 2.29. The van der Waals surface area contributed by atoms with E-state index >= 15 is 0 Å². The first-order valence-electron chi connectivity index (χ1n) is 8.57. The highest BCUT2D eigenvalue weighted by Gasteiger charge is 2.46. The Hall–Kier alpha value is -1.04. The van der Waals surface area contributed by atoms with E-state index in [0.717, 1.165) is 31.2 Å². The van der Waals surface area contributed by atoms with Crippen LogP contribution in [0.1, 0.15) is 45.1 Å². The van der Waals surface area contributed by atoms with Gasteiger partial charge in [-0.3, -0.25) is 10.1 Å². The van der Waals surface area contributed by atoms with Crippen molar-refractivity contribution in [2.45, 2.75) is 63.0 Å². The maximum absolute atomic E-state index is 12.6. The Labute approximate surface area is 145 Å². The number of rotatable bonds is 7. The molecule has 3 unspecified atom stereocenters. The van der Waals surface area contributed by atoms with E-state index in [9.17, 15) is 4.79 Å². The summed E-state index contributed by atoms with van der Waals surface area (Å²) in [5.41, 5.74) is 7.28. The normalized spacial score (nSPS) is 26.3. The SMILES string of the molecule is CCCCC1(N)NCC(=O)N(Cc2ccccc2)C1C(S)CC. The molecule has 2 rings (SSSR count). The average Bonchev–Trinajstić information content (AvgIpc) is 2.57. The van der Waals surface area contributed by atoms with E-state index in [2.05, 4.69) is 31.3 Å². The van der Waals surface area contributed by atoms with E-state index in [-0.39, 0.29) is 17.2 Å². The van der Waals surface area contributed by atoms with Gasteiger partial charge in [0.05, 0.1) is 18.2 Å². The topological polar surface area (TPSA) is 58.4 Å². The van der Waals surface area contributed by atoms with Crippen LogP contribution in [0.5, 0.6) is 0 Å². The highest BCUT2D eigenvalue weighted by atomic mass is 32.1. The number of carbonyl (C=O) groups is 1. The molecule has 3 atom stereocenters. The van der Waals surface area contributed by atoms with Crippen LogP contribution in [-0.4, -0.2) is 34.3 Å². The first kappa shape index (κ1) is 18.3. The van der Waals surface area contributed by atoms with E-state index in [0.29, 0.717) is 13.1 Å². The van der Waals surface area contributed by atoms with Crippen LogP contribution >= 0.6 is 12.6 Å². The molecule has 4 nitrogen and oxygen atoms in total. The highest BCUT2D eigenvalue weighted by molar-refractivity contribution is 7.81. The summed E-state index contributed by atoms with van der Waals surface area (Å²) in [5, 5.41) is 3.35. The fraction of sp³-hybridized carbons (Fsp3) is 0.611. The number of nitrogens with two attached hydrogens (primary N) is 1. The van der Waals surface area contributed by atoms with Crippen molar-refractivity contribution in [3.63, 3.8) is 0 Å². The number of amides is 1. The van der Waals surface area contributed by atoms with Crippen molar-refractivity contribution in [1.82, 2.24) is 10.2 Å². The summed E-state index contributed by atoms with van der Waals surface area (Å²) in [6.07, 6.45) is 3.85. The summed E-state index contributed by atoms with van der Waals surface area (Å²) in [6.45, 7) is 5.14. The maximum atomic E-state index is 12.6. The summed E-state index contributed by atoms with van der Waals surface area (Å²) in [5.74, 6) is 0.101. The largest absolute Gasteiger partial charge is 0.330 e. The lowest BCUT2D eigenvalue weighted by molar-refractivity contribution is -0.140. The summed E-state index contributed by atoms with van der Waals surface area (Å²) in [4.78, 5) is 14.5. The number of nitrogens with zero attached hydrogens (tertiary/aromatic N) is 1. The van der Waals surface area contributed by atoms with Crippen LogP contribution in [0.4, 0.5) is 0 Å². The number of thiol groups is 1. The quantitative estimate of drug-likeness (QED) is 0.671. The van der Waals surface area contributed by atoms with Crippen molar-refractivity contribution in [1.29, 1.82) is 0 Å². The van der Waals surface area contributed by atoms with Gasteiger partial charge in [0, 0.05) is 11.8 Å². The molecule has 0 saturated carbocycles. The van der Waals surface area contributed by atoms with Gasteiger partial charge in [-0.2, -0.15) is 12.6 Å². The number of hydrogen-bond acceptors (Lipinski definition) is 4. The summed E-state index contributed by atoms with van der Waals surface area (Å²) >= 11 is 4.76. The fourth-order valence-electron chi connectivity index (χ4n) is 3.33. The Morgan fingerprint density at radius 2 is 2.09 bits per heavy atom. The third-order valence-electron chi connectivity index (χ3n) is 4.68. The Morgan fingerprint density at radius 3 is 2.70 bits per heavy atom. The van der Waals surface area contributed by atoms with Crippen molar-refractivity contribution in [3.8, 4) is 0 Å². The number of nitrogens with one attached hydrogen (secondary N) is 1. The molecule has 0 radical (unpaired) electrons. The second kappa shape index (κ2) is 8.18. The van der Waals surface area contributed by atoms with Crippen LogP contribution < -0.4 is 11.1 Å². The third-order valence-corrected chi connectivity index (χ3v) is 5.32. The van der Waals surface area contributed by atoms with Gasteiger partial charge < -0.3 is 10.6 Å². The van der Waals surface area contributed by atoms with Gasteiger partial charge in [0.15, 0.2) is 0 Å². The zero-order valence-electron chi connectivity index (χ0n) is 14.2. The Balaban J connectivity index is 2.28. The number of piperazine rings is 1. The van der Waals surface area contributed by atoms with Gasteiger partial charge in [-0.15, -0.1) is 0 Å².